The zero-order valence-corrected chi connectivity index (χ0v) is 12.2. The van der Waals surface area contributed by atoms with Crippen molar-refractivity contribution in [3.05, 3.63) is 23.8 Å². The first-order chi connectivity index (χ1) is 10.0. The van der Waals surface area contributed by atoms with Crippen LogP contribution in [0.1, 0.15) is 31.4 Å². The van der Waals surface area contributed by atoms with Crippen molar-refractivity contribution in [1.29, 1.82) is 0 Å². The Kier molecular flexibility index (Phi) is 6.48. The van der Waals surface area contributed by atoms with Crippen LogP contribution in [0.25, 0.3) is 0 Å². The number of carbonyl (C=O) groups excluding carboxylic acids is 1. The van der Waals surface area contributed by atoms with Gasteiger partial charge in [0.2, 0.25) is 0 Å². The van der Waals surface area contributed by atoms with Crippen LogP contribution < -0.4 is 15.0 Å². The van der Waals surface area contributed by atoms with Crippen molar-refractivity contribution in [1.82, 2.24) is 5.48 Å². The number of benzene rings is 1. The zero-order chi connectivity index (χ0) is 15.8. The van der Waals surface area contributed by atoms with E-state index in [1.807, 2.05) is 0 Å². The van der Waals surface area contributed by atoms with E-state index in [1.165, 1.54) is 14.2 Å². The second-order valence-corrected chi connectivity index (χ2v) is 4.21. The molecule has 116 valence electrons. The number of rotatable bonds is 8. The molecule has 0 aliphatic carbocycles. The lowest BCUT2D eigenvalue weighted by atomic mass is 10.0. The fraction of sp³-hybridized carbons (Fsp3) is 0.429. The number of carbonyl (C=O) groups is 2. The van der Waals surface area contributed by atoms with E-state index >= 15 is 0 Å². The normalized spacial score (nSPS) is 11.6. The summed E-state index contributed by atoms with van der Waals surface area (Å²) in [5.74, 6) is -0.490. The van der Waals surface area contributed by atoms with Crippen LogP contribution in [-0.2, 0) is 14.4 Å². The molecule has 1 atom stereocenters. The number of methoxy groups -OCH3 is 2. The molecular formula is C14H19NO6. The molecule has 1 aromatic rings. The molecule has 0 spiro atoms. The molecule has 1 aromatic carbocycles. The van der Waals surface area contributed by atoms with Gasteiger partial charge in [0.25, 0.3) is 0 Å². The average Bonchev–Trinajstić information content (AvgIpc) is 2.49. The molecule has 0 aromatic heterocycles. The predicted molar refractivity (Wildman–Crippen MR) is 74.1 cm³/mol. The van der Waals surface area contributed by atoms with Gasteiger partial charge in [0, 0.05) is 6.42 Å². The SMILES string of the molecule is CCC(=O)ON[C@@H](CC(=O)O)c1ccc(OC)c(OC)c1. The second-order valence-electron chi connectivity index (χ2n) is 4.21. The van der Waals surface area contributed by atoms with E-state index in [9.17, 15) is 9.59 Å². The number of hydrogen-bond donors (Lipinski definition) is 2. The number of nitrogens with one attached hydrogen (secondary N) is 1. The van der Waals surface area contributed by atoms with E-state index < -0.39 is 18.0 Å². The smallest absolute Gasteiger partial charge is 0.324 e. The Labute approximate surface area is 122 Å². The molecule has 0 fully saturated rings. The predicted octanol–water partition coefficient (Wildman–Crippen LogP) is 1.68. The molecule has 0 heterocycles. The van der Waals surface area contributed by atoms with Gasteiger partial charge in [0.05, 0.1) is 26.7 Å². The van der Waals surface area contributed by atoms with Gasteiger partial charge in [-0.3, -0.25) is 9.59 Å². The van der Waals surface area contributed by atoms with E-state index in [-0.39, 0.29) is 12.8 Å². The van der Waals surface area contributed by atoms with E-state index in [2.05, 4.69) is 5.48 Å². The first kappa shape index (κ1) is 16.8. The van der Waals surface area contributed by atoms with Gasteiger partial charge in [-0.2, -0.15) is 0 Å². The fourth-order valence-electron chi connectivity index (χ4n) is 1.68. The first-order valence-electron chi connectivity index (χ1n) is 6.40. The molecule has 21 heavy (non-hydrogen) atoms. The number of carboxylic acid groups (broad SMARTS) is 1. The lowest BCUT2D eigenvalue weighted by molar-refractivity contribution is -0.154. The van der Waals surface area contributed by atoms with Crippen molar-refractivity contribution in [3.63, 3.8) is 0 Å². The second kappa shape index (κ2) is 8.11. The van der Waals surface area contributed by atoms with Crippen molar-refractivity contribution in [2.45, 2.75) is 25.8 Å². The largest absolute Gasteiger partial charge is 0.493 e. The summed E-state index contributed by atoms with van der Waals surface area (Å²) >= 11 is 0. The Hall–Kier alpha value is -2.28. The number of aliphatic carboxylic acids is 1. The van der Waals surface area contributed by atoms with Crippen molar-refractivity contribution in [2.75, 3.05) is 14.2 Å². The molecule has 0 saturated heterocycles. The van der Waals surface area contributed by atoms with E-state index in [0.717, 1.165) is 0 Å². The number of carboxylic acids is 1. The highest BCUT2D eigenvalue weighted by molar-refractivity contribution is 5.69. The Bertz CT molecular complexity index is 502. The van der Waals surface area contributed by atoms with Crippen molar-refractivity contribution < 1.29 is 29.0 Å². The third kappa shape index (κ3) is 4.96. The standard InChI is InChI=1S/C14H19NO6/c1-4-14(18)21-15-10(8-13(16)17)9-5-6-11(19-2)12(7-9)20-3/h5-7,10,15H,4,8H2,1-3H3,(H,16,17)/t10-/m0/s1. The molecular weight excluding hydrogens is 278 g/mol. The van der Waals surface area contributed by atoms with E-state index in [4.69, 9.17) is 19.4 Å². The van der Waals surface area contributed by atoms with Crippen LogP contribution in [0.5, 0.6) is 11.5 Å². The first-order valence-corrected chi connectivity index (χ1v) is 6.40. The number of ether oxygens (including phenoxy) is 2. The quantitative estimate of drug-likeness (QED) is 0.705. The minimum absolute atomic E-state index is 0.193. The number of hydroxylamine groups is 1. The molecule has 0 bridgehead atoms. The molecule has 2 N–H and O–H groups in total. The summed E-state index contributed by atoms with van der Waals surface area (Å²) in [5, 5.41) is 8.96. The van der Waals surface area contributed by atoms with Gasteiger partial charge in [0.15, 0.2) is 11.5 Å². The Morgan fingerprint density at radius 3 is 2.43 bits per heavy atom. The molecule has 1 rings (SSSR count). The van der Waals surface area contributed by atoms with Gasteiger partial charge >= 0.3 is 11.9 Å². The molecule has 0 saturated carbocycles. The Balaban J connectivity index is 2.96. The summed E-state index contributed by atoms with van der Waals surface area (Å²) < 4.78 is 10.3. The van der Waals surface area contributed by atoms with Crippen molar-refractivity contribution in [3.8, 4) is 11.5 Å². The highest BCUT2D eigenvalue weighted by Crippen LogP contribution is 2.30. The summed E-state index contributed by atoms with van der Waals surface area (Å²) in [6.45, 7) is 1.65. The van der Waals surface area contributed by atoms with Gasteiger partial charge in [-0.25, -0.2) is 0 Å². The topological polar surface area (TPSA) is 94.1 Å². The van der Waals surface area contributed by atoms with Gasteiger partial charge < -0.3 is 19.4 Å². The maximum absolute atomic E-state index is 11.2. The molecule has 0 aliphatic heterocycles. The minimum atomic E-state index is -1.02. The fourth-order valence-corrected chi connectivity index (χ4v) is 1.68. The monoisotopic (exact) mass is 297 g/mol. The number of hydrogen-bond acceptors (Lipinski definition) is 6. The minimum Gasteiger partial charge on any atom is -0.493 e. The lowest BCUT2D eigenvalue weighted by Crippen LogP contribution is -2.27. The maximum atomic E-state index is 11.2. The highest BCUT2D eigenvalue weighted by atomic mass is 16.7. The summed E-state index contributed by atoms with van der Waals surface area (Å²) in [6.07, 6.45) is -0.0504. The zero-order valence-electron chi connectivity index (χ0n) is 12.2. The van der Waals surface area contributed by atoms with Crippen LogP contribution in [0.3, 0.4) is 0 Å². The van der Waals surface area contributed by atoms with Crippen molar-refractivity contribution in [2.24, 2.45) is 0 Å². The van der Waals surface area contributed by atoms with Crippen LogP contribution in [0.15, 0.2) is 18.2 Å². The lowest BCUT2D eigenvalue weighted by Gasteiger charge is -2.18. The van der Waals surface area contributed by atoms with Crippen LogP contribution >= 0.6 is 0 Å². The Morgan fingerprint density at radius 2 is 1.90 bits per heavy atom. The van der Waals surface area contributed by atoms with Crippen molar-refractivity contribution >= 4 is 11.9 Å². The molecule has 7 nitrogen and oxygen atoms in total. The van der Waals surface area contributed by atoms with E-state index in [0.29, 0.717) is 17.1 Å². The van der Waals surface area contributed by atoms with Gasteiger partial charge in [-0.15, -0.1) is 5.48 Å². The van der Waals surface area contributed by atoms with Gasteiger partial charge in [-0.1, -0.05) is 13.0 Å². The average molecular weight is 297 g/mol. The molecule has 0 radical (unpaired) electrons. The molecule has 0 unspecified atom stereocenters. The summed E-state index contributed by atoms with van der Waals surface area (Å²) in [7, 11) is 2.99. The molecule has 7 heteroatoms. The highest BCUT2D eigenvalue weighted by Gasteiger charge is 2.19. The summed E-state index contributed by atoms with van der Waals surface area (Å²) in [5.41, 5.74) is 3.09. The molecule has 0 amide bonds. The van der Waals surface area contributed by atoms with Gasteiger partial charge in [-0.05, 0) is 17.7 Å². The molecule has 0 aliphatic rings. The third-order valence-electron chi connectivity index (χ3n) is 2.79. The maximum Gasteiger partial charge on any atom is 0.324 e. The van der Waals surface area contributed by atoms with Gasteiger partial charge in [0.1, 0.15) is 0 Å². The van der Waals surface area contributed by atoms with Crippen LogP contribution in [0, 0.1) is 0 Å². The summed E-state index contributed by atoms with van der Waals surface area (Å²) in [6, 6.07) is 4.30. The van der Waals surface area contributed by atoms with Crippen LogP contribution in [0.4, 0.5) is 0 Å². The summed E-state index contributed by atoms with van der Waals surface area (Å²) in [4.78, 5) is 26.9. The Morgan fingerprint density at radius 1 is 1.24 bits per heavy atom. The van der Waals surface area contributed by atoms with E-state index in [1.54, 1.807) is 25.1 Å². The van der Waals surface area contributed by atoms with Crippen LogP contribution in [0.2, 0.25) is 0 Å². The third-order valence-corrected chi connectivity index (χ3v) is 2.79. The van der Waals surface area contributed by atoms with Crippen LogP contribution in [-0.4, -0.2) is 31.3 Å².